The summed E-state index contributed by atoms with van der Waals surface area (Å²) in [5.74, 6) is 0.0813. The van der Waals surface area contributed by atoms with Crippen LogP contribution in [0, 0.1) is 12.8 Å². The molecule has 24 heavy (non-hydrogen) atoms. The van der Waals surface area contributed by atoms with E-state index in [1.165, 1.54) is 4.90 Å². The second-order valence-electron chi connectivity index (χ2n) is 6.42. The van der Waals surface area contributed by atoms with Crippen LogP contribution in [0.2, 0.25) is 5.02 Å². The van der Waals surface area contributed by atoms with Gasteiger partial charge in [-0.3, -0.25) is 9.69 Å². The Bertz CT molecular complexity index is 710. The molecule has 0 atom stereocenters. The van der Waals surface area contributed by atoms with Crippen molar-refractivity contribution in [2.24, 2.45) is 5.92 Å². The van der Waals surface area contributed by atoms with Crippen molar-refractivity contribution in [2.45, 2.75) is 34.6 Å². The Morgan fingerprint density at radius 1 is 1.33 bits per heavy atom. The molecule has 0 fully saturated rings. The highest BCUT2D eigenvalue weighted by Crippen LogP contribution is 2.33. The Kier molecular flexibility index (Phi) is 6.61. The molecule has 0 aliphatic carbocycles. The molecule has 4 nitrogen and oxygen atoms in total. The first kappa shape index (κ1) is 19.2. The van der Waals surface area contributed by atoms with Crippen molar-refractivity contribution in [2.75, 3.05) is 31.1 Å². The van der Waals surface area contributed by atoms with Gasteiger partial charge >= 0.3 is 0 Å². The molecule has 1 aromatic heterocycles. The van der Waals surface area contributed by atoms with Crippen molar-refractivity contribution in [3.63, 3.8) is 0 Å². The number of carbonyl (C=O) groups excluding carboxylic acids is 1. The molecule has 0 spiro atoms. The zero-order valence-electron chi connectivity index (χ0n) is 15.1. The van der Waals surface area contributed by atoms with Crippen LogP contribution in [0.15, 0.2) is 12.1 Å². The molecule has 1 heterocycles. The molecule has 0 saturated carbocycles. The summed E-state index contributed by atoms with van der Waals surface area (Å²) in [7, 11) is 0. The van der Waals surface area contributed by atoms with Gasteiger partial charge in [-0.05, 0) is 38.5 Å². The number of hydrogen-bond donors (Lipinski definition) is 1. The zero-order chi connectivity index (χ0) is 17.9. The van der Waals surface area contributed by atoms with E-state index in [2.05, 4.69) is 13.8 Å². The normalized spacial score (nSPS) is 11.7. The minimum absolute atomic E-state index is 0.0478. The largest absolute Gasteiger partial charge is 0.334 e. The highest BCUT2D eigenvalue weighted by Gasteiger charge is 2.24. The molecule has 2 rings (SSSR count). The Balaban J connectivity index is 2.36. The van der Waals surface area contributed by atoms with Gasteiger partial charge in [-0.1, -0.05) is 36.8 Å². The fraction of sp³-hybridized carbons (Fsp3) is 0.556. The van der Waals surface area contributed by atoms with Gasteiger partial charge in [0, 0.05) is 10.9 Å². The average Bonchev–Trinajstić information content (AvgIpc) is 2.95. The van der Waals surface area contributed by atoms with Crippen molar-refractivity contribution in [3.05, 3.63) is 22.7 Å². The van der Waals surface area contributed by atoms with Gasteiger partial charge in [0.05, 0.1) is 36.4 Å². The van der Waals surface area contributed by atoms with Crippen LogP contribution >= 0.6 is 22.9 Å². The molecular formula is C18H27ClN3OS+. The molecule has 0 saturated heterocycles. The maximum absolute atomic E-state index is 12.7. The summed E-state index contributed by atoms with van der Waals surface area (Å²) in [4.78, 5) is 20.8. The molecule has 0 unspecified atom stereocenters. The number of benzene rings is 1. The number of nitrogens with one attached hydrogen (secondary N) is 1. The van der Waals surface area contributed by atoms with E-state index < -0.39 is 0 Å². The summed E-state index contributed by atoms with van der Waals surface area (Å²) < 4.78 is 1.03. The maximum atomic E-state index is 12.7. The number of aromatic nitrogens is 1. The average molecular weight is 369 g/mol. The predicted molar refractivity (Wildman–Crippen MR) is 103 cm³/mol. The lowest BCUT2D eigenvalue weighted by atomic mass is 10.2. The SMILES string of the molecule is CC[NH+](CC)CCN(C(=O)C(C)C)c1nc2c(C)cc(Cl)cc2s1. The van der Waals surface area contributed by atoms with E-state index in [0.717, 1.165) is 40.5 Å². The third kappa shape index (κ3) is 4.26. The number of carbonyl (C=O) groups is 1. The Hall–Kier alpha value is -1.17. The number of fused-ring (bicyclic) bond motifs is 1. The van der Waals surface area contributed by atoms with Gasteiger partial charge in [0.25, 0.3) is 0 Å². The molecule has 0 aliphatic rings. The minimum atomic E-state index is -0.0478. The van der Waals surface area contributed by atoms with Crippen molar-refractivity contribution < 1.29 is 9.69 Å². The lowest BCUT2D eigenvalue weighted by Crippen LogP contribution is -3.12. The summed E-state index contributed by atoms with van der Waals surface area (Å²) in [5, 5.41) is 1.49. The number of aryl methyl sites for hydroxylation is 1. The Morgan fingerprint density at radius 2 is 2.00 bits per heavy atom. The molecule has 0 radical (unpaired) electrons. The number of nitrogens with zero attached hydrogens (tertiary/aromatic N) is 2. The van der Waals surface area contributed by atoms with Crippen LogP contribution in [0.25, 0.3) is 10.2 Å². The Morgan fingerprint density at radius 3 is 2.58 bits per heavy atom. The summed E-state index contributed by atoms with van der Waals surface area (Å²) in [6, 6.07) is 3.85. The van der Waals surface area contributed by atoms with Gasteiger partial charge in [-0.2, -0.15) is 0 Å². The number of halogens is 1. The van der Waals surface area contributed by atoms with Crippen molar-refractivity contribution >= 4 is 44.2 Å². The van der Waals surface area contributed by atoms with Crippen molar-refractivity contribution in [1.82, 2.24) is 4.98 Å². The van der Waals surface area contributed by atoms with Crippen LogP contribution < -0.4 is 9.80 Å². The summed E-state index contributed by atoms with van der Waals surface area (Å²) in [6.07, 6.45) is 0. The first-order valence-corrected chi connectivity index (χ1v) is 9.78. The van der Waals surface area contributed by atoms with Gasteiger partial charge in [-0.15, -0.1) is 0 Å². The highest BCUT2D eigenvalue weighted by atomic mass is 35.5. The first-order valence-electron chi connectivity index (χ1n) is 8.58. The van der Waals surface area contributed by atoms with E-state index in [9.17, 15) is 4.79 Å². The summed E-state index contributed by atoms with van der Waals surface area (Å²) in [6.45, 7) is 14.0. The number of hydrogen-bond acceptors (Lipinski definition) is 3. The van der Waals surface area contributed by atoms with Crippen LogP contribution in [0.3, 0.4) is 0 Å². The predicted octanol–water partition coefficient (Wildman–Crippen LogP) is 3.17. The third-order valence-corrected chi connectivity index (χ3v) is 5.56. The monoisotopic (exact) mass is 368 g/mol. The third-order valence-electron chi connectivity index (χ3n) is 4.32. The van der Waals surface area contributed by atoms with E-state index >= 15 is 0 Å². The lowest BCUT2D eigenvalue weighted by Gasteiger charge is -2.24. The molecule has 0 aliphatic heterocycles. The lowest BCUT2D eigenvalue weighted by molar-refractivity contribution is -0.894. The number of anilines is 1. The quantitative estimate of drug-likeness (QED) is 0.815. The van der Waals surface area contributed by atoms with Gasteiger partial charge in [0.15, 0.2) is 5.13 Å². The summed E-state index contributed by atoms with van der Waals surface area (Å²) >= 11 is 7.71. The number of quaternary nitrogens is 1. The molecule has 1 aromatic carbocycles. The molecule has 132 valence electrons. The van der Waals surface area contributed by atoms with Crippen LogP contribution in [0.4, 0.5) is 5.13 Å². The van der Waals surface area contributed by atoms with Crippen molar-refractivity contribution in [3.8, 4) is 0 Å². The van der Waals surface area contributed by atoms with E-state index in [1.807, 2.05) is 37.8 Å². The molecule has 0 bridgehead atoms. The maximum Gasteiger partial charge on any atom is 0.231 e. The molecule has 1 N–H and O–H groups in total. The number of rotatable bonds is 7. The first-order chi connectivity index (χ1) is 11.4. The Labute approximate surface area is 153 Å². The fourth-order valence-electron chi connectivity index (χ4n) is 2.74. The molecule has 6 heteroatoms. The number of thiazole rings is 1. The highest BCUT2D eigenvalue weighted by molar-refractivity contribution is 7.22. The molecule has 2 aromatic rings. The summed E-state index contributed by atoms with van der Waals surface area (Å²) in [5.41, 5.74) is 1.99. The standard InChI is InChI=1S/C18H26ClN3OS/c1-6-21(7-2)8-9-22(17(23)12(3)4)18-20-16-13(5)10-14(19)11-15(16)24-18/h10-12H,6-9H2,1-5H3/p+1. The fourth-order valence-corrected chi connectivity index (χ4v) is 4.20. The molecular weight excluding hydrogens is 342 g/mol. The zero-order valence-corrected chi connectivity index (χ0v) is 16.7. The van der Waals surface area contributed by atoms with Gasteiger partial charge in [-0.25, -0.2) is 4.98 Å². The van der Waals surface area contributed by atoms with Gasteiger partial charge < -0.3 is 4.90 Å². The van der Waals surface area contributed by atoms with E-state index in [1.54, 1.807) is 11.3 Å². The smallest absolute Gasteiger partial charge is 0.231 e. The van der Waals surface area contributed by atoms with E-state index in [4.69, 9.17) is 16.6 Å². The number of amides is 1. The topological polar surface area (TPSA) is 37.6 Å². The second-order valence-corrected chi connectivity index (χ2v) is 7.86. The minimum Gasteiger partial charge on any atom is -0.334 e. The van der Waals surface area contributed by atoms with Gasteiger partial charge in [0.1, 0.15) is 0 Å². The molecule has 1 amide bonds. The van der Waals surface area contributed by atoms with Gasteiger partial charge in [0.2, 0.25) is 5.91 Å². The van der Waals surface area contributed by atoms with Crippen LogP contribution in [-0.4, -0.2) is 37.1 Å². The van der Waals surface area contributed by atoms with Crippen LogP contribution in [-0.2, 0) is 4.79 Å². The number of likely N-dealkylation sites (N-methyl/N-ethyl adjacent to an activating group) is 1. The van der Waals surface area contributed by atoms with E-state index in [-0.39, 0.29) is 11.8 Å². The van der Waals surface area contributed by atoms with Crippen molar-refractivity contribution in [1.29, 1.82) is 0 Å². The van der Waals surface area contributed by atoms with Crippen LogP contribution in [0.1, 0.15) is 33.3 Å². The van der Waals surface area contributed by atoms with Crippen LogP contribution in [0.5, 0.6) is 0 Å². The second kappa shape index (κ2) is 8.28. The van der Waals surface area contributed by atoms with E-state index in [0.29, 0.717) is 11.6 Å².